The van der Waals surface area contributed by atoms with Crippen LogP contribution in [0, 0.1) is 0 Å². The fourth-order valence-electron chi connectivity index (χ4n) is 1.84. The molecule has 2 rings (SSSR count). The van der Waals surface area contributed by atoms with Gasteiger partial charge in [0.1, 0.15) is 0 Å². The third-order valence-corrected chi connectivity index (χ3v) is 2.61. The van der Waals surface area contributed by atoms with E-state index >= 15 is 0 Å². The fourth-order valence-corrected chi connectivity index (χ4v) is 1.84. The van der Waals surface area contributed by atoms with Crippen molar-refractivity contribution in [1.82, 2.24) is 4.68 Å². The number of aromatic nitrogens is 1. The summed E-state index contributed by atoms with van der Waals surface area (Å²) >= 11 is 0. The molecule has 0 spiro atoms. The summed E-state index contributed by atoms with van der Waals surface area (Å²) in [5.74, 6) is 0. The Morgan fingerprint density at radius 2 is 1.79 bits per heavy atom. The van der Waals surface area contributed by atoms with Crippen LogP contribution in [0.15, 0.2) is 36.5 Å². The summed E-state index contributed by atoms with van der Waals surface area (Å²) in [4.78, 5) is 0. The van der Waals surface area contributed by atoms with Crippen molar-refractivity contribution in [3.63, 3.8) is 0 Å². The van der Waals surface area contributed by atoms with E-state index in [4.69, 9.17) is 0 Å². The Bertz CT molecular complexity index is 413. The number of nitrogens with zero attached hydrogens (tertiary/aromatic N) is 2. The predicted molar refractivity (Wildman–Crippen MR) is 61.2 cm³/mol. The summed E-state index contributed by atoms with van der Waals surface area (Å²) in [5, 5.41) is 3.61. The molecule has 0 aliphatic heterocycles. The lowest BCUT2D eigenvalue weighted by Crippen LogP contribution is -2.33. The van der Waals surface area contributed by atoms with Crippen molar-refractivity contribution in [2.45, 2.75) is 13.8 Å². The normalized spacial score (nSPS) is 10.7. The molecule has 0 unspecified atom stereocenters. The predicted octanol–water partition coefficient (Wildman–Crippen LogP) is 2.62. The molecule has 0 aliphatic rings. The standard InChI is InChI=1S/C12H16N2/c1-3-13(4-2)14-10-9-11-7-5-6-8-12(11)14/h5-10H,3-4H2,1-2H3. The fraction of sp³-hybridized carbons (Fsp3) is 0.333. The lowest BCUT2D eigenvalue weighted by molar-refractivity contribution is 0.639. The second-order valence-corrected chi connectivity index (χ2v) is 3.36. The Balaban J connectivity index is 2.51. The molecule has 2 nitrogen and oxygen atoms in total. The van der Waals surface area contributed by atoms with E-state index in [-0.39, 0.29) is 0 Å². The van der Waals surface area contributed by atoms with Gasteiger partial charge in [0, 0.05) is 24.7 Å². The monoisotopic (exact) mass is 188 g/mol. The van der Waals surface area contributed by atoms with Crippen LogP contribution in [0.4, 0.5) is 0 Å². The minimum atomic E-state index is 1.04. The molecule has 14 heavy (non-hydrogen) atoms. The van der Waals surface area contributed by atoms with Crippen LogP contribution in [0.25, 0.3) is 10.9 Å². The molecule has 0 saturated heterocycles. The van der Waals surface area contributed by atoms with Gasteiger partial charge in [-0.15, -0.1) is 0 Å². The first-order valence-corrected chi connectivity index (χ1v) is 5.18. The third kappa shape index (κ3) is 1.37. The van der Waals surface area contributed by atoms with E-state index in [9.17, 15) is 0 Å². The minimum Gasteiger partial charge on any atom is -0.313 e. The largest absolute Gasteiger partial charge is 0.313 e. The Hall–Kier alpha value is -1.44. The zero-order valence-electron chi connectivity index (χ0n) is 8.77. The third-order valence-electron chi connectivity index (χ3n) is 2.61. The molecule has 0 aliphatic carbocycles. The van der Waals surface area contributed by atoms with Crippen molar-refractivity contribution >= 4 is 10.9 Å². The zero-order valence-corrected chi connectivity index (χ0v) is 8.77. The lowest BCUT2D eigenvalue weighted by Gasteiger charge is -2.23. The molecular formula is C12H16N2. The molecule has 0 radical (unpaired) electrons. The summed E-state index contributed by atoms with van der Waals surface area (Å²) in [5.41, 5.74) is 1.29. The van der Waals surface area contributed by atoms with E-state index in [1.54, 1.807) is 0 Å². The van der Waals surface area contributed by atoms with Crippen molar-refractivity contribution < 1.29 is 0 Å². The van der Waals surface area contributed by atoms with Crippen molar-refractivity contribution in [2.24, 2.45) is 0 Å². The SMILES string of the molecule is CCN(CC)n1ccc2ccccc21. The van der Waals surface area contributed by atoms with E-state index in [0.717, 1.165) is 13.1 Å². The number of rotatable bonds is 3. The maximum Gasteiger partial charge on any atom is 0.0694 e. The maximum atomic E-state index is 2.31. The highest BCUT2D eigenvalue weighted by atomic mass is 15.5. The second-order valence-electron chi connectivity index (χ2n) is 3.36. The summed E-state index contributed by atoms with van der Waals surface area (Å²) in [6.07, 6.45) is 2.14. The number of hydrogen-bond acceptors (Lipinski definition) is 1. The number of para-hydroxylation sites is 1. The molecule has 2 aromatic rings. The van der Waals surface area contributed by atoms with Gasteiger partial charge in [-0.1, -0.05) is 18.2 Å². The summed E-state index contributed by atoms with van der Waals surface area (Å²) in [7, 11) is 0. The van der Waals surface area contributed by atoms with Crippen molar-refractivity contribution in [3.8, 4) is 0 Å². The van der Waals surface area contributed by atoms with Crippen LogP contribution in [0.3, 0.4) is 0 Å². The smallest absolute Gasteiger partial charge is 0.0694 e. The van der Waals surface area contributed by atoms with E-state index in [1.807, 2.05) is 0 Å². The summed E-state index contributed by atoms with van der Waals surface area (Å²) < 4.78 is 2.23. The Kier molecular flexibility index (Phi) is 2.44. The van der Waals surface area contributed by atoms with Crippen molar-refractivity contribution in [3.05, 3.63) is 36.5 Å². The highest BCUT2D eigenvalue weighted by Gasteiger charge is 2.03. The van der Waals surface area contributed by atoms with Crippen LogP contribution in [0.2, 0.25) is 0 Å². The average Bonchev–Trinajstić information content (AvgIpc) is 2.65. The topological polar surface area (TPSA) is 8.17 Å². The van der Waals surface area contributed by atoms with Gasteiger partial charge < -0.3 is 5.01 Å². The molecule has 0 atom stereocenters. The van der Waals surface area contributed by atoms with Gasteiger partial charge in [-0.05, 0) is 26.0 Å². The van der Waals surface area contributed by atoms with Crippen LogP contribution in [-0.2, 0) is 0 Å². The molecule has 1 aromatic heterocycles. The molecule has 0 fully saturated rings. The van der Waals surface area contributed by atoms with Gasteiger partial charge >= 0.3 is 0 Å². The highest BCUT2D eigenvalue weighted by Crippen LogP contribution is 2.15. The van der Waals surface area contributed by atoms with E-state index in [1.165, 1.54) is 10.9 Å². The summed E-state index contributed by atoms with van der Waals surface area (Å²) in [6.45, 7) is 6.43. The lowest BCUT2D eigenvalue weighted by atomic mass is 10.3. The van der Waals surface area contributed by atoms with Crippen LogP contribution < -0.4 is 5.01 Å². The van der Waals surface area contributed by atoms with Gasteiger partial charge in [-0.25, -0.2) is 0 Å². The van der Waals surface area contributed by atoms with Gasteiger partial charge in [0.05, 0.1) is 5.52 Å². The van der Waals surface area contributed by atoms with Crippen molar-refractivity contribution in [1.29, 1.82) is 0 Å². The molecular weight excluding hydrogens is 172 g/mol. The van der Waals surface area contributed by atoms with Crippen LogP contribution >= 0.6 is 0 Å². The Morgan fingerprint density at radius 1 is 1.07 bits per heavy atom. The number of fused-ring (bicyclic) bond motifs is 1. The number of benzene rings is 1. The van der Waals surface area contributed by atoms with Crippen molar-refractivity contribution in [2.75, 3.05) is 18.1 Å². The first-order valence-electron chi connectivity index (χ1n) is 5.18. The zero-order chi connectivity index (χ0) is 9.97. The van der Waals surface area contributed by atoms with Crippen LogP contribution in [-0.4, -0.2) is 17.8 Å². The van der Waals surface area contributed by atoms with Gasteiger partial charge in [-0.3, -0.25) is 4.68 Å². The first-order chi connectivity index (χ1) is 6.86. The summed E-state index contributed by atoms with van der Waals surface area (Å²) in [6, 6.07) is 10.6. The highest BCUT2D eigenvalue weighted by molar-refractivity contribution is 5.80. The Labute approximate surface area is 84.7 Å². The van der Waals surface area contributed by atoms with Gasteiger partial charge in [-0.2, -0.15) is 0 Å². The molecule has 0 amide bonds. The molecule has 74 valence electrons. The number of hydrogen-bond donors (Lipinski definition) is 0. The second kappa shape index (κ2) is 3.74. The van der Waals surface area contributed by atoms with E-state index < -0.39 is 0 Å². The quantitative estimate of drug-likeness (QED) is 0.718. The average molecular weight is 188 g/mol. The van der Waals surface area contributed by atoms with E-state index in [0.29, 0.717) is 0 Å². The molecule has 0 N–H and O–H groups in total. The first kappa shape index (κ1) is 9.13. The van der Waals surface area contributed by atoms with Gasteiger partial charge in [0.15, 0.2) is 0 Å². The van der Waals surface area contributed by atoms with Crippen LogP contribution in [0.1, 0.15) is 13.8 Å². The van der Waals surface area contributed by atoms with Gasteiger partial charge in [0.25, 0.3) is 0 Å². The van der Waals surface area contributed by atoms with Gasteiger partial charge in [0.2, 0.25) is 0 Å². The molecule has 1 aromatic carbocycles. The van der Waals surface area contributed by atoms with Crippen LogP contribution in [0.5, 0.6) is 0 Å². The van der Waals surface area contributed by atoms with E-state index in [2.05, 4.69) is 60.1 Å². The Morgan fingerprint density at radius 3 is 2.50 bits per heavy atom. The molecule has 1 heterocycles. The molecule has 0 bridgehead atoms. The minimum absolute atomic E-state index is 1.04. The molecule has 0 saturated carbocycles. The molecule has 2 heteroatoms. The maximum absolute atomic E-state index is 2.31.